The highest BCUT2D eigenvalue weighted by Crippen LogP contribution is 2.25. The summed E-state index contributed by atoms with van der Waals surface area (Å²) in [5.41, 5.74) is 1.88. The van der Waals surface area contributed by atoms with Crippen LogP contribution in [0.15, 0.2) is 29.6 Å². The number of nitrogens with zero attached hydrogens (tertiary/aromatic N) is 1. The van der Waals surface area contributed by atoms with Crippen molar-refractivity contribution in [3.8, 4) is 5.75 Å². The molecule has 0 aliphatic rings. The van der Waals surface area contributed by atoms with Gasteiger partial charge in [0, 0.05) is 22.9 Å². The molecule has 142 valence electrons. The van der Waals surface area contributed by atoms with Crippen LogP contribution in [0.25, 0.3) is 0 Å². The molecule has 0 saturated heterocycles. The Balaban J connectivity index is 1.83. The number of hydrogen-bond acceptors (Lipinski definition) is 4. The van der Waals surface area contributed by atoms with Gasteiger partial charge in [-0.15, -0.1) is 11.3 Å². The number of urea groups is 1. The number of para-hydroxylation sites is 1. The van der Waals surface area contributed by atoms with Crippen molar-refractivity contribution in [2.45, 2.75) is 53.1 Å². The third-order valence-electron chi connectivity index (χ3n) is 3.61. The molecule has 1 aromatic carbocycles. The Morgan fingerprint density at radius 3 is 2.54 bits per heavy atom. The van der Waals surface area contributed by atoms with Gasteiger partial charge in [-0.05, 0) is 12.0 Å². The van der Waals surface area contributed by atoms with Crippen LogP contribution in [0.1, 0.15) is 50.9 Å². The number of benzene rings is 1. The summed E-state index contributed by atoms with van der Waals surface area (Å²) >= 11 is 1.63. The maximum Gasteiger partial charge on any atom is 0.315 e. The van der Waals surface area contributed by atoms with E-state index < -0.39 is 0 Å². The van der Waals surface area contributed by atoms with E-state index in [4.69, 9.17) is 4.74 Å². The Hall–Kier alpha value is -2.08. The predicted molar refractivity (Wildman–Crippen MR) is 107 cm³/mol. The zero-order chi connectivity index (χ0) is 19.2. The molecule has 2 rings (SSSR count). The predicted octanol–water partition coefficient (Wildman–Crippen LogP) is 4.47. The lowest BCUT2D eigenvalue weighted by molar-refractivity contribution is 0.239. The van der Waals surface area contributed by atoms with Gasteiger partial charge in [0.05, 0.1) is 23.9 Å². The number of ether oxygens (including phenoxy) is 1. The quantitative estimate of drug-likeness (QED) is 0.750. The van der Waals surface area contributed by atoms with Gasteiger partial charge in [-0.3, -0.25) is 0 Å². The molecule has 1 heterocycles. The molecule has 0 bridgehead atoms. The first-order valence-corrected chi connectivity index (χ1v) is 9.81. The summed E-state index contributed by atoms with van der Waals surface area (Å²) in [5, 5.41) is 8.81. The van der Waals surface area contributed by atoms with Crippen LogP contribution in [-0.4, -0.2) is 17.6 Å². The number of hydrogen-bond donors (Lipinski definition) is 2. The number of carbonyl (C=O) groups excluding carboxylic acids is 1. The number of rotatable bonds is 7. The van der Waals surface area contributed by atoms with Crippen molar-refractivity contribution in [2.75, 3.05) is 6.61 Å². The molecule has 0 spiro atoms. The molecule has 0 aliphatic carbocycles. The van der Waals surface area contributed by atoms with Crippen molar-refractivity contribution >= 4 is 17.4 Å². The van der Waals surface area contributed by atoms with Crippen molar-refractivity contribution < 1.29 is 9.53 Å². The molecule has 5 nitrogen and oxygen atoms in total. The lowest BCUT2D eigenvalue weighted by Crippen LogP contribution is -2.34. The van der Waals surface area contributed by atoms with E-state index in [0.717, 1.165) is 22.0 Å². The van der Waals surface area contributed by atoms with Crippen LogP contribution in [0.4, 0.5) is 4.79 Å². The minimum atomic E-state index is -0.214. The van der Waals surface area contributed by atoms with Gasteiger partial charge in [0.2, 0.25) is 0 Å². The standard InChI is InChI=1S/C20H29N3O2S/c1-14(2)12-25-17-9-7-6-8-15(17)10-21-19(24)22-11-16-13-26-18(23-16)20(3,4)5/h6-9,13-14H,10-12H2,1-5H3,(H2,21,22,24). The molecule has 0 saturated carbocycles. The van der Waals surface area contributed by atoms with Gasteiger partial charge in [-0.25, -0.2) is 9.78 Å². The molecule has 2 aromatic rings. The topological polar surface area (TPSA) is 63.2 Å². The second-order valence-corrected chi connectivity index (χ2v) is 8.60. The third-order valence-corrected chi connectivity index (χ3v) is 4.92. The maximum atomic E-state index is 12.1. The van der Waals surface area contributed by atoms with Crippen LogP contribution < -0.4 is 15.4 Å². The molecule has 0 unspecified atom stereocenters. The molecule has 0 fully saturated rings. The fourth-order valence-electron chi connectivity index (χ4n) is 2.19. The largest absolute Gasteiger partial charge is 0.493 e. The van der Waals surface area contributed by atoms with E-state index in [9.17, 15) is 4.79 Å². The lowest BCUT2D eigenvalue weighted by atomic mass is 9.98. The van der Waals surface area contributed by atoms with Crippen LogP contribution in [-0.2, 0) is 18.5 Å². The second kappa shape index (κ2) is 9.03. The first-order chi connectivity index (χ1) is 12.3. The smallest absolute Gasteiger partial charge is 0.315 e. The highest BCUT2D eigenvalue weighted by molar-refractivity contribution is 7.09. The Morgan fingerprint density at radius 1 is 1.19 bits per heavy atom. The molecule has 0 atom stereocenters. The SMILES string of the molecule is CC(C)COc1ccccc1CNC(=O)NCc1csc(C(C)(C)C)n1. The summed E-state index contributed by atoms with van der Waals surface area (Å²) in [4.78, 5) is 16.7. The lowest BCUT2D eigenvalue weighted by Gasteiger charge is -2.14. The number of carbonyl (C=O) groups is 1. The molecule has 2 N–H and O–H groups in total. The van der Waals surface area contributed by atoms with Crippen molar-refractivity contribution in [1.29, 1.82) is 0 Å². The first kappa shape index (κ1) is 20.2. The van der Waals surface area contributed by atoms with Crippen LogP contribution in [0.3, 0.4) is 0 Å². The fourth-order valence-corrected chi connectivity index (χ4v) is 3.10. The Bertz CT molecular complexity index is 720. The molecule has 1 aromatic heterocycles. The van der Waals surface area contributed by atoms with Crippen molar-refractivity contribution in [2.24, 2.45) is 5.92 Å². The summed E-state index contributed by atoms with van der Waals surface area (Å²) < 4.78 is 5.81. The summed E-state index contributed by atoms with van der Waals surface area (Å²) in [6.45, 7) is 12.1. The third kappa shape index (κ3) is 6.33. The molecular weight excluding hydrogens is 346 g/mol. The zero-order valence-corrected chi connectivity index (χ0v) is 17.1. The van der Waals surface area contributed by atoms with Gasteiger partial charge in [0.1, 0.15) is 5.75 Å². The molecule has 6 heteroatoms. The Labute approximate surface area is 160 Å². The van der Waals surface area contributed by atoms with Crippen LogP contribution in [0.5, 0.6) is 5.75 Å². The van der Waals surface area contributed by atoms with Gasteiger partial charge in [-0.1, -0.05) is 52.8 Å². The minimum absolute atomic E-state index is 0.0326. The van der Waals surface area contributed by atoms with E-state index in [-0.39, 0.29) is 11.4 Å². The van der Waals surface area contributed by atoms with Gasteiger partial charge in [0.25, 0.3) is 0 Å². The summed E-state index contributed by atoms with van der Waals surface area (Å²) in [6, 6.07) is 7.57. The van der Waals surface area contributed by atoms with Gasteiger partial charge < -0.3 is 15.4 Å². The van der Waals surface area contributed by atoms with E-state index in [1.54, 1.807) is 11.3 Å². The highest BCUT2D eigenvalue weighted by atomic mass is 32.1. The molecular formula is C20H29N3O2S. The van der Waals surface area contributed by atoms with E-state index in [2.05, 4.69) is 50.2 Å². The average molecular weight is 376 g/mol. The molecule has 2 amide bonds. The number of aromatic nitrogens is 1. The Kier molecular flexibility index (Phi) is 7.03. The van der Waals surface area contributed by atoms with E-state index in [1.807, 2.05) is 29.6 Å². The molecule has 0 radical (unpaired) electrons. The van der Waals surface area contributed by atoms with Crippen LogP contribution in [0.2, 0.25) is 0 Å². The monoisotopic (exact) mass is 375 g/mol. The van der Waals surface area contributed by atoms with Crippen LogP contribution >= 0.6 is 11.3 Å². The number of nitrogens with one attached hydrogen (secondary N) is 2. The van der Waals surface area contributed by atoms with Crippen LogP contribution in [0, 0.1) is 5.92 Å². The first-order valence-electron chi connectivity index (χ1n) is 8.93. The zero-order valence-electron chi connectivity index (χ0n) is 16.3. The maximum absolute atomic E-state index is 12.1. The summed E-state index contributed by atoms with van der Waals surface area (Å²) in [6.07, 6.45) is 0. The normalized spacial score (nSPS) is 11.5. The van der Waals surface area contributed by atoms with E-state index in [1.165, 1.54) is 0 Å². The second-order valence-electron chi connectivity index (χ2n) is 7.74. The van der Waals surface area contributed by atoms with Gasteiger partial charge >= 0.3 is 6.03 Å². The average Bonchev–Trinajstić information content (AvgIpc) is 3.06. The van der Waals surface area contributed by atoms with Crippen molar-refractivity contribution in [3.63, 3.8) is 0 Å². The summed E-state index contributed by atoms with van der Waals surface area (Å²) in [5.74, 6) is 1.27. The van der Waals surface area contributed by atoms with Crippen molar-refractivity contribution in [3.05, 3.63) is 45.9 Å². The van der Waals surface area contributed by atoms with Crippen molar-refractivity contribution in [1.82, 2.24) is 15.6 Å². The fraction of sp³-hybridized carbons (Fsp3) is 0.500. The molecule has 26 heavy (non-hydrogen) atoms. The van der Waals surface area contributed by atoms with E-state index >= 15 is 0 Å². The van der Waals surface area contributed by atoms with E-state index in [0.29, 0.717) is 25.6 Å². The van der Waals surface area contributed by atoms with Gasteiger partial charge in [-0.2, -0.15) is 0 Å². The summed E-state index contributed by atoms with van der Waals surface area (Å²) in [7, 11) is 0. The minimum Gasteiger partial charge on any atom is -0.493 e. The highest BCUT2D eigenvalue weighted by Gasteiger charge is 2.18. The van der Waals surface area contributed by atoms with Gasteiger partial charge in [0.15, 0.2) is 0 Å². The number of amides is 2. The molecule has 0 aliphatic heterocycles. The Morgan fingerprint density at radius 2 is 1.88 bits per heavy atom. The number of thiazole rings is 1.